The van der Waals surface area contributed by atoms with E-state index in [0.29, 0.717) is 10.2 Å². The van der Waals surface area contributed by atoms with Crippen molar-refractivity contribution < 1.29 is 0 Å². The van der Waals surface area contributed by atoms with E-state index in [1.165, 1.54) is 12.2 Å². The van der Waals surface area contributed by atoms with Gasteiger partial charge >= 0.3 is 0 Å². The molecule has 1 aliphatic heterocycles. The van der Waals surface area contributed by atoms with Crippen molar-refractivity contribution in [3.05, 3.63) is 0 Å². The van der Waals surface area contributed by atoms with Crippen LogP contribution in [0.1, 0.15) is 34.1 Å². The molecule has 0 aromatic rings. The van der Waals surface area contributed by atoms with Crippen LogP contribution in [-0.2, 0) is 0 Å². The second-order valence-corrected chi connectivity index (χ2v) is 7.05. The van der Waals surface area contributed by atoms with Crippen molar-refractivity contribution in [2.24, 2.45) is 5.41 Å². The van der Waals surface area contributed by atoms with E-state index in [4.69, 9.17) is 0 Å². The Kier molecular flexibility index (Phi) is 2.31. The normalized spacial score (nSPS) is 34.8. The van der Waals surface area contributed by atoms with E-state index in [2.05, 4.69) is 38.5 Å². The van der Waals surface area contributed by atoms with E-state index < -0.39 is 0 Å². The van der Waals surface area contributed by atoms with Crippen molar-refractivity contribution >= 4 is 21.6 Å². The summed E-state index contributed by atoms with van der Waals surface area (Å²) < 4.78 is 0.512. The van der Waals surface area contributed by atoms with Crippen LogP contribution in [0.3, 0.4) is 0 Å². The minimum atomic E-state index is 0.459. The summed E-state index contributed by atoms with van der Waals surface area (Å²) in [6, 6.07) is 0. The summed E-state index contributed by atoms with van der Waals surface area (Å²) in [5.74, 6) is 1.33. The zero-order valence-electron chi connectivity index (χ0n) is 7.23. The van der Waals surface area contributed by atoms with Gasteiger partial charge in [-0.3, -0.25) is 0 Å². The van der Waals surface area contributed by atoms with E-state index in [1.807, 2.05) is 10.8 Å². The summed E-state index contributed by atoms with van der Waals surface area (Å²) in [4.78, 5) is 0. The largest absolute Gasteiger partial charge is 0.0935 e. The molecular weight excluding hydrogens is 160 g/mol. The first-order chi connectivity index (χ1) is 4.46. The third kappa shape index (κ3) is 1.48. The molecule has 1 atom stereocenters. The average Bonchev–Trinajstić information content (AvgIpc) is 2.13. The molecule has 10 heavy (non-hydrogen) atoms. The molecule has 0 aromatic carbocycles. The molecule has 0 saturated carbocycles. The topological polar surface area (TPSA) is 0 Å². The maximum atomic E-state index is 2.39. The first-order valence-electron chi connectivity index (χ1n) is 3.76. The van der Waals surface area contributed by atoms with Crippen LogP contribution >= 0.6 is 21.6 Å². The summed E-state index contributed by atoms with van der Waals surface area (Å²) in [5, 5.41) is 0. The van der Waals surface area contributed by atoms with Gasteiger partial charge in [0.05, 0.1) is 0 Å². The lowest BCUT2D eigenvalue weighted by molar-refractivity contribution is 0.298. The molecule has 0 bridgehead atoms. The van der Waals surface area contributed by atoms with Crippen molar-refractivity contribution in [1.82, 2.24) is 0 Å². The molecule has 0 amide bonds. The molecule has 0 radical (unpaired) electrons. The predicted molar refractivity (Wildman–Crippen MR) is 52.5 cm³/mol. The summed E-state index contributed by atoms with van der Waals surface area (Å²) >= 11 is 0. The van der Waals surface area contributed by atoms with Crippen LogP contribution in [0, 0.1) is 5.41 Å². The molecule has 1 rings (SSSR count). The molecule has 0 aliphatic carbocycles. The Hall–Kier alpha value is 0.700. The lowest BCUT2D eigenvalue weighted by Gasteiger charge is -2.36. The van der Waals surface area contributed by atoms with Crippen molar-refractivity contribution in [3.63, 3.8) is 0 Å². The summed E-state index contributed by atoms with van der Waals surface area (Å²) in [7, 11) is 4.09. The van der Waals surface area contributed by atoms with Gasteiger partial charge in [0.1, 0.15) is 0 Å². The summed E-state index contributed by atoms with van der Waals surface area (Å²) in [5.41, 5.74) is 0.459. The zero-order valence-corrected chi connectivity index (χ0v) is 8.86. The molecule has 0 spiro atoms. The fourth-order valence-electron chi connectivity index (χ4n) is 0.950. The monoisotopic (exact) mass is 176 g/mol. The smallest absolute Gasteiger partial charge is 0.0291 e. The molecule has 1 unspecified atom stereocenters. The van der Waals surface area contributed by atoms with Crippen molar-refractivity contribution in [2.45, 2.75) is 38.9 Å². The fourth-order valence-corrected chi connectivity index (χ4v) is 4.63. The minimum Gasteiger partial charge on any atom is -0.0935 e. The van der Waals surface area contributed by atoms with Gasteiger partial charge in [-0.05, 0) is 18.8 Å². The summed E-state index contributed by atoms with van der Waals surface area (Å²) in [6.45, 7) is 9.40. The second kappa shape index (κ2) is 2.63. The molecule has 1 saturated heterocycles. The molecule has 0 nitrogen and oxygen atoms in total. The van der Waals surface area contributed by atoms with E-state index in [1.54, 1.807) is 0 Å². The second-order valence-electron chi connectivity index (χ2n) is 4.14. The molecule has 2 heteroatoms. The van der Waals surface area contributed by atoms with Crippen LogP contribution in [0.5, 0.6) is 0 Å². The van der Waals surface area contributed by atoms with Crippen LogP contribution in [0.15, 0.2) is 0 Å². The third-order valence-electron chi connectivity index (χ3n) is 2.49. The molecule has 1 heterocycles. The highest BCUT2D eigenvalue weighted by Gasteiger charge is 2.41. The standard InChI is InChI=1S/C8H16S2/c1-7(2,3)8(4)5-6-9-10-8/h5-6H2,1-4H3. The average molecular weight is 176 g/mol. The molecule has 1 fully saturated rings. The van der Waals surface area contributed by atoms with E-state index >= 15 is 0 Å². The Labute approximate surface area is 71.9 Å². The Morgan fingerprint density at radius 1 is 1.30 bits per heavy atom. The highest BCUT2D eigenvalue weighted by molar-refractivity contribution is 8.77. The van der Waals surface area contributed by atoms with Crippen LogP contribution < -0.4 is 0 Å². The fraction of sp³-hybridized carbons (Fsp3) is 1.00. The number of rotatable bonds is 0. The zero-order chi connectivity index (χ0) is 7.83. The molecule has 60 valence electrons. The van der Waals surface area contributed by atoms with E-state index in [0.717, 1.165) is 0 Å². The predicted octanol–water partition coefficient (Wildman–Crippen LogP) is 3.58. The lowest BCUT2D eigenvalue weighted by atomic mass is 9.79. The Morgan fingerprint density at radius 3 is 2.10 bits per heavy atom. The van der Waals surface area contributed by atoms with E-state index in [9.17, 15) is 0 Å². The van der Waals surface area contributed by atoms with Crippen LogP contribution in [-0.4, -0.2) is 10.5 Å². The van der Waals surface area contributed by atoms with Gasteiger partial charge in [-0.1, -0.05) is 42.4 Å². The molecule has 0 N–H and O–H groups in total. The van der Waals surface area contributed by atoms with Gasteiger partial charge in [0, 0.05) is 10.5 Å². The van der Waals surface area contributed by atoms with Crippen molar-refractivity contribution in [3.8, 4) is 0 Å². The van der Waals surface area contributed by atoms with E-state index in [-0.39, 0.29) is 0 Å². The number of hydrogen-bond donors (Lipinski definition) is 0. The quantitative estimate of drug-likeness (QED) is 0.517. The van der Waals surface area contributed by atoms with Gasteiger partial charge in [0.25, 0.3) is 0 Å². The Bertz CT molecular complexity index is 118. The van der Waals surface area contributed by atoms with Gasteiger partial charge in [-0.25, -0.2) is 0 Å². The van der Waals surface area contributed by atoms with Crippen LogP contribution in [0.25, 0.3) is 0 Å². The minimum absolute atomic E-state index is 0.459. The van der Waals surface area contributed by atoms with Crippen LogP contribution in [0.4, 0.5) is 0 Å². The Morgan fingerprint density at radius 2 is 1.90 bits per heavy atom. The first kappa shape index (κ1) is 8.79. The van der Waals surface area contributed by atoms with Gasteiger partial charge in [-0.2, -0.15) is 0 Å². The maximum absolute atomic E-state index is 2.39. The number of hydrogen-bond acceptors (Lipinski definition) is 2. The van der Waals surface area contributed by atoms with Crippen LogP contribution in [0.2, 0.25) is 0 Å². The lowest BCUT2D eigenvalue weighted by Crippen LogP contribution is -2.33. The molecule has 1 aliphatic rings. The van der Waals surface area contributed by atoms with Gasteiger partial charge in [0.2, 0.25) is 0 Å². The van der Waals surface area contributed by atoms with Gasteiger partial charge in [0.15, 0.2) is 0 Å². The van der Waals surface area contributed by atoms with Gasteiger partial charge < -0.3 is 0 Å². The summed E-state index contributed by atoms with van der Waals surface area (Å²) in [6.07, 6.45) is 1.37. The third-order valence-corrected chi connectivity index (χ3v) is 6.12. The van der Waals surface area contributed by atoms with Crippen molar-refractivity contribution in [2.75, 3.05) is 5.75 Å². The molecular formula is C8H16S2. The Balaban J connectivity index is 2.67. The highest BCUT2D eigenvalue weighted by atomic mass is 33.1. The molecule has 0 aromatic heterocycles. The highest BCUT2D eigenvalue weighted by Crippen LogP contribution is 2.55. The SMILES string of the molecule is CC(C)(C)C1(C)CCSS1. The first-order valence-corrected chi connectivity index (χ1v) is 6.08. The maximum Gasteiger partial charge on any atom is 0.0291 e. The van der Waals surface area contributed by atoms with Gasteiger partial charge in [-0.15, -0.1) is 0 Å². The van der Waals surface area contributed by atoms with Crippen molar-refractivity contribution in [1.29, 1.82) is 0 Å².